The Morgan fingerprint density at radius 1 is 1.29 bits per heavy atom. The van der Waals surface area contributed by atoms with Gasteiger partial charge in [-0.05, 0) is 29.1 Å². The van der Waals surface area contributed by atoms with E-state index in [-0.39, 0.29) is 31.1 Å². The van der Waals surface area contributed by atoms with Crippen LogP contribution >= 0.6 is 11.3 Å². The second-order valence-electron chi connectivity index (χ2n) is 7.23. The van der Waals surface area contributed by atoms with Gasteiger partial charge in [0, 0.05) is 17.8 Å². The van der Waals surface area contributed by atoms with Gasteiger partial charge >= 0.3 is 6.18 Å². The lowest BCUT2D eigenvalue weighted by Gasteiger charge is -2.33. The first-order chi connectivity index (χ1) is 14.9. The lowest BCUT2D eigenvalue weighted by Crippen LogP contribution is -2.36. The number of amides is 1. The van der Waals surface area contributed by atoms with Crippen LogP contribution in [0.3, 0.4) is 0 Å². The molecule has 0 saturated heterocycles. The minimum atomic E-state index is -4.49. The molecule has 0 aliphatic carbocycles. The Kier molecular flexibility index (Phi) is 4.77. The second-order valence-corrected chi connectivity index (χ2v) is 8.21. The molecule has 2 aliphatic rings. The van der Waals surface area contributed by atoms with Gasteiger partial charge in [0.15, 0.2) is 17.5 Å². The molecule has 0 radical (unpaired) electrons. The van der Waals surface area contributed by atoms with Crippen LogP contribution in [0.2, 0.25) is 0 Å². The van der Waals surface area contributed by atoms with E-state index in [1.165, 1.54) is 17.5 Å². The highest BCUT2D eigenvalue weighted by atomic mass is 32.1. The van der Waals surface area contributed by atoms with Crippen molar-refractivity contribution in [1.82, 2.24) is 15.1 Å². The van der Waals surface area contributed by atoms with E-state index in [0.717, 1.165) is 15.1 Å². The number of hydrogen-bond donors (Lipinski definition) is 2. The average molecular weight is 450 g/mol. The van der Waals surface area contributed by atoms with E-state index in [2.05, 4.69) is 15.7 Å². The van der Waals surface area contributed by atoms with Crippen LogP contribution in [0.15, 0.2) is 41.9 Å². The minimum Gasteiger partial charge on any atom is -0.454 e. The van der Waals surface area contributed by atoms with Gasteiger partial charge in [0.05, 0.1) is 12.2 Å². The Labute approximate surface area is 178 Å². The van der Waals surface area contributed by atoms with Crippen LogP contribution in [0.5, 0.6) is 11.5 Å². The normalized spacial score (nSPS) is 19.6. The summed E-state index contributed by atoms with van der Waals surface area (Å²) in [5, 5.41) is 11.5. The molecular formula is C20H17F3N4O3S. The number of hydrogen-bond acceptors (Lipinski definition) is 6. The van der Waals surface area contributed by atoms with Gasteiger partial charge in [0.25, 0.3) is 5.91 Å². The Hall–Kier alpha value is -3.21. The molecule has 0 fully saturated rings. The fraction of sp³-hybridized carbons (Fsp3) is 0.300. The maximum Gasteiger partial charge on any atom is 0.410 e. The zero-order chi connectivity index (χ0) is 21.6. The lowest BCUT2D eigenvalue weighted by atomic mass is 10.0. The molecule has 2 aliphatic heterocycles. The number of anilines is 1. The molecule has 1 amide bonds. The summed E-state index contributed by atoms with van der Waals surface area (Å²) in [6.45, 7) is 0.322. The number of rotatable bonds is 4. The van der Waals surface area contributed by atoms with Crippen LogP contribution < -0.4 is 20.1 Å². The molecule has 31 heavy (non-hydrogen) atoms. The van der Waals surface area contributed by atoms with Crippen molar-refractivity contribution in [2.75, 3.05) is 12.1 Å². The highest BCUT2D eigenvalue weighted by molar-refractivity contribution is 7.10. The number of alkyl halides is 3. The van der Waals surface area contributed by atoms with Crippen LogP contribution in [0.4, 0.5) is 19.0 Å². The molecule has 162 valence electrons. The first-order valence-corrected chi connectivity index (χ1v) is 10.4. The third-order valence-corrected chi connectivity index (χ3v) is 6.25. The number of nitrogens with one attached hydrogen (secondary N) is 2. The van der Waals surface area contributed by atoms with Crippen molar-refractivity contribution in [3.8, 4) is 11.5 Å². The van der Waals surface area contributed by atoms with E-state index < -0.39 is 24.2 Å². The molecule has 1 aromatic carbocycles. The van der Waals surface area contributed by atoms with Crippen molar-refractivity contribution in [3.05, 3.63) is 57.9 Å². The summed E-state index contributed by atoms with van der Waals surface area (Å²) in [7, 11) is 0. The van der Waals surface area contributed by atoms with E-state index in [0.29, 0.717) is 11.5 Å². The topological polar surface area (TPSA) is 77.4 Å². The van der Waals surface area contributed by atoms with Gasteiger partial charge in [-0.15, -0.1) is 11.3 Å². The van der Waals surface area contributed by atoms with Gasteiger partial charge in [-0.25, -0.2) is 4.68 Å². The van der Waals surface area contributed by atoms with Gasteiger partial charge in [0.1, 0.15) is 11.4 Å². The van der Waals surface area contributed by atoms with Gasteiger partial charge in [0.2, 0.25) is 6.79 Å². The summed E-state index contributed by atoms with van der Waals surface area (Å²) in [6.07, 6.45) is -3.51. The molecule has 3 aromatic rings. The maximum absolute atomic E-state index is 13.7. The highest BCUT2D eigenvalue weighted by Gasteiger charge is 2.47. The number of carbonyl (C=O) groups excluding carboxylic acids is 1. The molecule has 0 bridgehead atoms. The van der Waals surface area contributed by atoms with Crippen LogP contribution in [-0.4, -0.2) is 28.7 Å². The van der Waals surface area contributed by atoms with E-state index in [9.17, 15) is 18.0 Å². The number of halogens is 3. The summed E-state index contributed by atoms with van der Waals surface area (Å²) in [5.74, 6) is 0.764. The molecular weight excluding hydrogens is 433 g/mol. The fourth-order valence-corrected chi connectivity index (χ4v) is 4.52. The lowest BCUT2D eigenvalue weighted by molar-refractivity contribution is -0.173. The van der Waals surface area contributed by atoms with Gasteiger partial charge in [-0.3, -0.25) is 4.79 Å². The van der Waals surface area contributed by atoms with Crippen molar-refractivity contribution in [1.29, 1.82) is 0 Å². The van der Waals surface area contributed by atoms with Crippen molar-refractivity contribution >= 4 is 23.1 Å². The van der Waals surface area contributed by atoms with E-state index in [1.807, 2.05) is 5.38 Å². The molecule has 11 heteroatoms. The fourth-order valence-electron chi connectivity index (χ4n) is 3.73. The van der Waals surface area contributed by atoms with Gasteiger partial charge in [-0.2, -0.15) is 18.3 Å². The molecule has 2 aromatic heterocycles. The third-order valence-electron chi connectivity index (χ3n) is 5.26. The zero-order valence-corrected chi connectivity index (χ0v) is 16.8. The van der Waals surface area contributed by atoms with Crippen molar-refractivity contribution in [3.63, 3.8) is 0 Å². The number of nitrogens with zero attached hydrogens (tertiary/aromatic N) is 2. The van der Waals surface area contributed by atoms with E-state index in [4.69, 9.17) is 9.47 Å². The number of aromatic nitrogens is 2. The van der Waals surface area contributed by atoms with Crippen LogP contribution in [0.1, 0.15) is 39.3 Å². The smallest absolute Gasteiger partial charge is 0.410 e. The molecule has 7 nitrogen and oxygen atoms in total. The Morgan fingerprint density at radius 3 is 2.90 bits per heavy atom. The van der Waals surface area contributed by atoms with Crippen LogP contribution in [-0.2, 0) is 6.54 Å². The Morgan fingerprint density at radius 2 is 2.13 bits per heavy atom. The van der Waals surface area contributed by atoms with Crippen LogP contribution in [0, 0.1) is 0 Å². The van der Waals surface area contributed by atoms with Crippen molar-refractivity contribution < 1.29 is 27.4 Å². The number of benzene rings is 1. The number of carbonyl (C=O) groups is 1. The van der Waals surface area contributed by atoms with Gasteiger partial charge < -0.3 is 20.1 Å². The van der Waals surface area contributed by atoms with E-state index in [1.54, 1.807) is 30.3 Å². The molecule has 0 spiro atoms. The monoisotopic (exact) mass is 450 g/mol. The highest BCUT2D eigenvalue weighted by Crippen LogP contribution is 2.45. The van der Waals surface area contributed by atoms with Crippen molar-refractivity contribution in [2.45, 2.75) is 31.2 Å². The summed E-state index contributed by atoms with van der Waals surface area (Å²) in [5.41, 5.74) is 0.840. The zero-order valence-electron chi connectivity index (χ0n) is 16.0. The summed E-state index contributed by atoms with van der Waals surface area (Å²) >= 11 is 1.37. The predicted molar refractivity (Wildman–Crippen MR) is 106 cm³/mol. The van der Waals surface area contributed by atoms with Gasteiger partial charge in [-0.1, -0.05) is 12.1 Å². The summed E-state index contributed by atoms with van der Waals surface area (Å²) in [4.78, 5) is 13.6. The summed E-state index contributed by atoms with van der Waals surface area (Å²) in [6, 6.07) is 6.47. The largest absolute Gasteiger partial charge is 0.454 e. The van der Waals surface area contributed by atoms with E-state index >= 15 is 0 Å². The molecule has 0 unspecified atom stereocenters. The summed E-state index contributed by atoms with van der Waals surface area (Å²) < 4.78 is 52.6. The molecule has 0 saturated carbocycles. The number of fused-ring (bicyclic) bond motifs is 2. The SMILES string of the molecule is O=C(NCc1ccc2c(c1)OCO2)c1cnn2c1N[C@@H](c1cccs1)C[C@H]2C(F)(F)F. The first-order valence-electron chi connectivity index (χ1n) is 9.51. The number of ether oxygens (including phenoxy) is 2. The molecule has 2 N–H and O–H groups in total. The minimum absolute atomic E-state index is 0.0650. The third kappa shape index (κ3) is 3.69. The van der Waals surface area contributed by atoms with Crippen LogP contribution in [0.25, 0.3) is 0 Å². The standard InChI is InChI=1S/C20H17F3N4O3S/c21-20(22,23)17-7-13(16-2-1-5-31-16)26-18-12(9-25-27(17)18)19(28)24-8-11-3-4-14-15(6-11)30-10-29-14/h1-6,9,13,17,26H,7-8,10H2,(H,24,28)/t13-,17+/m1/s1. The number of thiophene rings is 1. The quantitative estimate of drug-likeness (QED) is 0.621. The van der Waals surface area contributed by atoms with Crippen molar-refractivity contribution in [2.24, 2.45) is 0 Å². The molecule has 2 atom stereocenters. The Bertz CT molecular complexity index is 1110. The second kappa shape index (κ2) is 7.49. The first kappa shape index (κ1) is 19.7. The average Bonchev–Trinajstić information content (AvgIpc) is 3.50. The predicted octanol–water partition coefficient (Wildman–Crippen LogP) is 4.26. The molecule has 5 rings (SSSR count). The molecule has 4 heterocycles. The maximum atomic E-state index is 13.7. The Balaban J connectivity index is 1.38.